The van der Waals surface area contributed by atoms with Gasteiger partial charge in [0.1, 0.15) is 0 Å². The molecule has 0 bridgehead atoms. The van der Waals surface area contributed by atoms with Crippen molar-refractivity contribution in [3.63, 3.8) is 0 Å². The Bertz CT molecular complexity index is 1220. The molecule has 1 aliphatic heterocycles. The largest absolute Gasteiger partial charge is 0.358 e. The lowest BCUT2D eigenvalue weighted by Crippen LogP contribution is -2.31. The minimum atomic E-state index is -0.0123. The van der Waals surface area contributed by atoms with Crippen LogP contribution in [-0.2, 0) is 6.42 Å². The number of pyridine rings is 2. The number of hydrogen-bond acceptors (Lipinski definition) is 3. The zero-order valence-electron chi connectivity index (χ0n) is 15.1. The third kappa shape index (κ3) is 3.07. The average Bonchev–Trinajstić information content (AvgIpc) is 3.18. The molecule has 0 saturated heterocycles. The Morgan fingerprint density at radius 2 is 1.93 bits per heavy atom. The number of aromatic nitrogens is 3. The third-order valence-corrected chi connectivity index (χ3v) is 4.95. The minimum absolute atomic E-state index is 0.0123. The summed E-state index contributed by atoms with van der Waals surface area (Å²) in [5.41, 5.74) is 6.53. The van der Waals surface area contributed by atoms with Gasteiger partial charge >= 0.3 is 0 Å². The molecule has 0 atom stereocenters. The number of carbonyl (C=O) groups is 1. The Balaban J connectivity index is 1.44. The van der Waals surface area contributed by atoms with E-state index in [2.05, 4.69) is 32.4 Å². The first-order valence-corrected chi connectivity index (χ1v) is 9.26. The Morgan fingerprint density at radius 3 is 2.86 bits per heavy atom. The van der Waals surface area contributed by atoms with E-state index in [1.54, 1.807) is 6.20 Å². The van der Waals surface area contributed by atoms with Crippen molar-refractivity contribution in [3.05, 3.63) is 83.4 Å². The number of carbonyl (C=O) groups excluding carboxylic acids is 1. The topological polar surface area (TPSA) is 70.7 Å². The van der Waals surface area contributed by atoms with Crippen LogP contribution in [0.15, 0.2) is 60.9 Å². The first-order valence-electron chi connectivity index (χ1n) is 9.26. The van der Waals surface area contributed by atoms with Crippen LogP contribution in [0.1, 0.15) is 27.3 Å². The summed E-state index contributed by atoms with van der Waals surface area (Å²) in [5, 5.41) is 3.99. The lowest BCUT2D eigenvalue weighted by molar-refractivity contribution is 0.0946. The van der Waals surface area contributed by atoms with E-state index in [0.717, 1.165) is 51.1 Å². The summed E-state index contributed by atoms with van der Waals surface area (Å²) in [5.74, 6) is -0.0123. The van der Waals surface area contributed by atoms with Gasteiger partial charge in [0, 0.05) is 47.7 Å². The van der Waals surface area contributed by atoms with Crippen molar-refractivity contribution in [3.8, 4) is 11.3 Å². The van der Waals surface area contributed by atoms with E-state index < -0.39 is 0 Å². The van der Waals surface area contributed by atoms with Gasteiger partial charge in [-0.15, -0.1) is 0 Å². The van der Waals surface area contributed by atoms with Gasteiger partial charge in [-0.05, 0) is 42.0 Å². The molecule has 1 aliphatic rings. The lowest BCUT2D eigenvalue weighted by atomic mass is 10.1. The van der Waals surface area contributed by atoms with E-state index in [-0.39, 0.29) is 5.91 Å². The summed E-state index contributed by atoms with van der Waals surface area (Å²) in [6.07, 6.45) is 8.46. The van der Waals surface area contributed by atoms with Gasteiger partial charge in [0.05, 0.1) is 16.8 Å². The Kier molecular flexibility index (Phi) is 3.98. The Labute approximate surface area is 162 Å². The van der Waals surface area contributed by atoms with Crippen molar-refractivity contribution in [1.29, 1.82) is 0 Å². The first kappa shape index (κ1) is 16.4. The van der Waals surface area contributed by atoms with Crippen LogP contribution in [0.5, 0.6) is 0 Å². The van der Waals surface area contributed by atoms with E-state index in [4.69, 9.17) is 0 Å². The third-order valence-electron chi connectivity index (χ3n) is 4.95. The maximum Gasteiger partial charge on any atom is 0.253 e. The normalized spacial score (nSPS) is 13.6. The zero-order valence-corrected chi connectivity index (χ0v) is 15.1. The fourth-order valence-electron chi connectivity index (χ4n) is 3.52. The molecular weight excluding hydrogens is 348 g/mol. The summed E-state index contributed by atoms with van der Waals surface area (Å²) in [6, 6.07) is 16.1. The van der Waals surface area contributed by atoms with Gasteiger partial charge in [0.15, 0.2) is 0 Å². The van der Waals surface area contributed by atoms with Crippen LogP contribution in [0.4, 0.5) is 0 Å². The summed E-state index contributed by atoms with van der Waals surface area (Å²) in [4.78, 5) is 24.3. The van der Waals surface area contributed by atoms with Gasteiger partial charge < -0.3 is 10.3 Å². The molecule has 2 N–H and O–H groups in total. The second kappa shape index (κ2) is 6.78. The van der Waals surface area contributed by atoms with Gasteiger partial charge in [-0.2, -0.15) is 0 Å². The molecule has 136 valence electrons. The predicted octanol–water partition coefficient (Wildman–Crippen LogP) is 4.08. The standard InChI is InChI=1S/C23H18N4O/c28-23-19-13-22(27-21(19)8-10-25-23)17-7-9-24-18(12-17)6-5-15-11-16-3-1-2-4-20(16)26-14-15/h1-7,9,11-14,27H,8,10H2,(H,25,28). The molecule has 4 heterocycles. The number of amides is 1. The second-order valence-corrected chi connectivity index (χ2v) is 6.85. The molecule has 1 amide bonds. The summed E-state index contributed by atoms with van der Waals surface area (Å²) >= 11 is 0. The Hall–Kier alpha value is -3.73. The molecule has 28 heavy (non-hydrogen) atoms. The Morgan fingerprint density at radius 1 is 1.00 bits per heavy atom. The molecule has 0 fully saturated rings. The highest BCUT2D eigenvalue weighted by Gasteiger charge is 2.19. The number of para-hydroxylation sites is 1. The van der Waals surface area contributed by atoms with E-state index in [1.165, 1.54) is 0 Å². The van der Waals surface area contributed by atoms with Crippen molar-refractivity contribution in [2.75, 3.05) is 6.54 Å². The summed E-state index contributed by atoms with van der Waals surface area (Å²) < 4.78 is 0. The van der Waals surface area contributed by atoms with Gasteiger partial charge in [-0.25, -0.2) is 0 Å². The highest BCUT2D eigenvalue weighted by molar-refractivity contribution is 5.97. The van der Waals surface area contributed by atoms with Crippen molar-refractivity contribution in [2.45, 2.75) is 6.42 Å². The fourth-order valence-corrected chi connectivity index (χ4v) is 3.52. The molecule has 0 radical (unpaired) electrons. The second-order valence-electron chi connectivity index (χ2n) is 6.85. The van der Waals surface area contributed by atoms with Crippen LogP contribution in [0.25, 0.3) is 34.3 Å². The fraction of sp³-hybridized carbons (Fsp3) is 0.0870. The van der Waals surface area contributed by atoms with Crippen LogP contribution in [-0.4, -0.2) is 27.4 Å². The molecule has 4 aromatic rings. The number of nitrogens with zero attached hydrogens (tertiary/aromatic N) is 2. The highest BCUT2D eigenvalue weighted by atomic mass is 16.1. The number of benzene rings is 1. The molecule has 3 aromatic heterocycles. The summed E-state index contributed by atoms with van der Waals surface area (Å²) in [6.45, 7) is 0.677. The van der Waals surface area contributed by atoms with Crippen LogP contribution < -0.4 is 5.32 Å². The van der Waals surface area contributed by atoms with Crippen molar-refractivity contribution in [1.82, 2.24) is 20.3 Å². The molecule has 5 nitrogen and oxygen atoms in total. The smallest absolute Gasteiger partial charge is 0.253 e. The molecule has 5 heteroatoms. The first-order chi connectivity index (χ1) is 13.8. The number of nitrogens with one attached hydrogen (secondary N) is 2. The highest BCUT2D eigenvalue weighted by Crippen LogP contribution is 2.24. The number of fused-ring (bicyclic) bond motifs is 2. The van der Waals surface area contributed by atoms with E-state index in [9.17, 15) is 4.79 Å². The van der Waals surface area contributed by atoms with Crippen LogP contribution >= 0.6 is 0 Å². The number of rotatable bonds is 3. The minimum Gasteiger partial charge on any atom is -0.358 e. The SMILES string of the molecule is O=C1NCCc2[nH]c(-c3ccnc(C=Cc4cnc5ccccc5c4)c3)cc21. The molecule has 5 rings (SSSR count). The average molecular weight is 366 g/mol. The predicted molar refractivity (Wildman–Crippen MR) is 111 cm³/mol. The zero-order chi connectivity index (χ0) is 18.9. The van der Waals surface area contributed by atoms with E-state index in [1.807, 2.05) is 54.7 Å². The van der Waals surface area contributed by atoms with Gasteiger partial charge in [0.2, 0.25) is 0 Å². The van der Waals surface area contributed by atoms with Crippen molar-refractivity contribution in [2.24, 2.45) is 0 Å². The van der Waals surface area contributed by atoms with Gasteiger partial charge in [-0.1, -0.05) is 24.3 Å². The van der Waals surface area contributed by atoms with Crippen LogP contribution in [0.2, 0.25) is 0 Å². The number of aromatic amines is 1. The molecule has 0 aliphatic carbocycles. The molecule has 1 aromatic carbocycles. The van der Waals surface area contributed by atoms with Crippen molar-refractivity contribution < 1.29 is 4.79 Å². The van der Waals surface area contributed by atoms with E-state index >= 15 is 0 Å². The molecule has 0 unspecified atom stereocenters. The van der Waals surface area contributed by atoms with Crippen molar-refractivity contribution >= 4 is 29.0 Å². The number of hydrogen-bond donors (Lipinski definition) is 2. The number of H-pyrrole nitrogens is 1. The monoisotopic (exact) mass is 366 g/mol. The van der Waals surface area contributed by atoms with Gasteiger partial charge in [-0.3, -0.25) is 14.8 Å². The summed E-state index contributed by atoms with van der Waals surface area (Å²) in [7, 11) is 0. The van der Waals surface area contributed by atoms with E-state index in [0.29, 0.717) is 6.54 Å². The molecule has 0 saturated carbocycles. The lowest BCUT2D eigenvalue weighted by Gasteiger charge is -2.10. The molecule has 0 spiro atoms. The maximum absolute atomic E-state index is 12.0. The maximum atomic E-state index is 12.0. The van der Waals surface area contributed by atoms with Crippen LogP contribution in [0.3, 0.4) is 0 Å². The van der Waals surface area contributed by atoms with Crippen LogP contribution in [0, 0.1) is 0 Å². The quantitative estimate of drug-likeness (QED) is 0.574. The van der Waals surface area contributed by atoms with Gasteiger partial charge in [0.25, 0.3) is 5.91 Å². The molecular formula is C23H18N4O.